The summed E-state index contributed by atoms with van der Waals surface area (Å²) in [4.78, 5) is 28.4. The number of amides is 1. The van der Waals surface area contributed by atoms with Crippen molar-refractivity contribution < 1.29 is 19.4 Å². The molecule has 0 spiro atoms. The maximum atomic E-state index is 12.2. The largest absolute Gasteiger partial charge is 0.507 e. The fraction of sp³-hybridized carbons (Fsp3) is 0.238. The van der Waals surface area contributed by atoms with E-state index in [1.165, 1.54) is 0 Å². The highest BCUT2D eigenvalue weighted by Crippen LogP contribution is 2.30. The van der Waals surface area contributed by atoms with Gasteiger partial charge in [-0.3, -0.25) is 9.89 Å². The van der Waals surface area contributed by atoms with Crippen LogP contribution in [-0.2, 0) is 9.53 Å². The van der Waals surface area contributed by atoms with Gasteiger partial charge in [0.1, 0.15) is 5.75 Å². The van der Waals surface area contributed by atoms with Gasteiger partial charge in [0, 0.05) is 10.2 Å². The molecule has 3 aromatic rings. The molecule has 0 fully saturated rings. The summed E-state index contributed by atoms with van der Waals surface area (Å²) in [7, 11) is 0. The zero-order valence-corrected chi connectivity index (χ0v) is 19.1. The Morgan fingerprint density at radius 1 is 1.23 bits per heavy atom. The lowest BCUT2D eigenvalue weighted by molar-refractivity contribution is -0.113. The Balaban J connectivity index is 1.51. The average Bonchev–Trinajstić information content (AvgIpc) is 3.23. The van der Waals surface area contributed by atoms with E-state index in [0.29, 0.717) is 34.4 Å². The number of esters is 1. The maximum absolute atomic E-state index is 12.2. The molecule has 0 unspecified atom stereocenters. The number of thioether (sulfide) groups is 1. The van der Waals surface area contributed by atoms with E-state index in [4.69, 9.17) is 4.74 Å². The Morgan fingerprint density at radius 3 is 2.74 bits per heavy atom. The minimum Gasteiger partial charge on any atom is -0.507 e. The van der Waals surface area contributed by atoms with Crippen LogP contribution in [0.4, 0.5) is 5.69 Å². The van der Waals surface area contributed by atoms with E-state index in [9.17, 15) is 14.7 Å². The number of ether oxygens (including phenoxy) is 1. The van der Waals surface area contributed by atoms with Gasteiger partial charge in [-0.2, -0.15) is 0 Å². The van der Waals surface area contributed by atoms with Gasteiger partial charge in [-0.25, -0.2) is 9.78 Å². The molecule has 3 rings (SSSR count). The molecule has 10 heteroatoms. The van der Waals surface area contributed by atoms with E-state index in [-0.39, 0.29) is 23.4 Å². The van der Waals surface area contributed by atoms with Crippen LogP contribution in [-0.4, -0.2) is 44.5 Å². The third-order valence-corrected chi connectivity index (χ3v) is 5.49. The van der Waals surface area contributed by atoms with Crippen molar-refractivity contribution in [2.24, 2.45) is 0 Å². The predicted molar refractivity (Wildman–Crippen MR) is 122 cm³/mol. The van der Waals surface area contributed by atoms with Crippen LogP contribution in [0.5, 0.6) is 5.75 Å². The van der Waals surface area contributed by atoms with Crippen molar-refractivity contribution in [2.45, 2.75) is 24.9 Å². The fourth-order valence-corrected chi connectivity index (χ4v) is 3.50. The highest BCUT2D eigenvalue weighted by atomic mass is 79.9. The molecule has 8 nitrogen and oxygen atoms in total. The first-order chi connectivity index (χ1) is 15.0. The van der Waals surface area contributed by atoms with Crippen molar-refractivity contribution in [1.29, 1.82) is 0 Å². The zero-order chi connectivity index (χ0) is 22.2. The van der Waals surface area contributed by atoms with Crippen molar-refractivity contribution in [1.82, 2.24) is 15.2 Å². The number of anilines is 1. The van der Waals surface area contributed by atoms with Gasteiger partial charge in [-0.1, -0.05) is 41.0 Å². The number of nitrogens with zero attached hydrogens (tertiary/aromatic N) is 2. The lowest BCUT2D eigenvalue weighted by atomic mass is 10.2. The molecule has 0 bridgehead atoms. The number of carbonyl (C=O) groups excluding carboxylic acids is 2. The molecule has 0 saturated heterocycles. The molecule has 1 heterocycles. The summed E-state index contributed by atoms with van der Waals surface area (Å²) in [5.74, 6) is -0.0316. The van der Waals surface area contributed by atoms with Gasteiger partial charge in [0.2, 0.25) is 11.1 Å². The molecule has 0 radical (unpaired) electrons. The van der Waals surface area contributed by atoms with Crippen molar-refractivity contribution in [3.63, 3.8) is 0 Å². The number of hydrogen-bond acceptors (Lipinski definition) is 7. The van der Waals surface area contributed by atoms with E-state index in [0.717, 1.165) is 29.1 Å². The summed E-state index contributed by atoms with van der Waals surface area (Å²) < 4.78 is 5.96. The molecule has 0 aliphatic rings. The monoisotopic (exact) mass is 504 g/mol. The van der Waals surface area contributed by atoms with Crippen LogP contribution < -0.4 is 5.32 Å². The van der Waals surface area contributed by atoms with Crippen LogP contribution in [0.15, 0.2) is 52.1 Å². The highest BCUT2D eigenvalue weighted by molar-refractivity contribution is 9.10. The molecular formula is C21H21BrN4O4S. The maximum Gasteiger partial charge on any atom is 0.338 e. The second-order valence-corrected chi connectivity index (χ2v) is 8.39. The number of phenolic OH excluding ortho intramolecular Hbond substituents is 1. The first-order valence-electron chi connectivity index (χ1n) is 9.57. The van der Waals surface area contributed by atoms with Crippen LogP contribution >= 0.6 is 27.7 Å². The number of phenols is 1. The summed E-state index contributed by atoms with van der Waals surface area (Å²) in [6.07, 6.45) is 1.78. The van der Waals surface area contributed by atoms with Crippen LogP contribution in [0.1, 0.15) is 30.1 Å². The number of H-pyrrole nitrogens is 1. The number of aromatic hydroxyl groups is 1. The number of hydrogen-bond donors (Lipinski definition) is 3. The predicted octanol–water partition coefficient (Wildman–Crippen LogP) is 4.63. The van der Waals surface area contributed by atoms with E-state index >= 15 is 0 Å². The molecule has 3 N–H and O–H groups in total. The smallest absolute Gasteiger partial charge is 0.338 e. The number of benzene rings is 2. The molecule has 162 valence electrons. The SMILES string of the molecule is CCCCOC(=O)c1ccc(NC(=O)CSc2n[nH]c(-c3cc(Br)ccc3O)n2)cc1. The molecule has 1 aromatic heterocycles. The van der Waals surface area contributed by atoms with E-state index in [2.05, 4.69) is 36.4 Å². The van der Waals surface area contributed by atoms with Crippen molar-refractivity contribution in [3.8, 4) is 17.1 Å². The third-order valence-electron chi connectivity index (χ3n) is 4.15. The number of aromatic amines is 1. The second kappa shape index (κ2) is 11.0. The number of aromatic nitrogens is 3. The summed E-state index contributed by atoms with van der Waals surface area (Å²) in [6.45, 7) is 2.42. The molecule has 2 aromatic carbocycles. The molecule has 0 atom stereocenters. The van der Waals surface area contributed by atoms with Gasteiger partial charge in [0.25, 0.3) is 0 Å². The van der Waals surface area contributed by atoms with Crippen molar-refractivity contribution in [3.05, 3.63) is 52.5 Å². The minimum absolute atomic E-state index is 0.0753. The van der Waals surface area contributed by atoms with E-state index < -0.39 is 0 Å². The Hall–Kier alpha value is -2.85. The first kappa shape index (κ1) is 22.8. The van der Waals surface area contributed by atoms with E-state index in [1.54, 1.807) is 42.5 Å². The second-order valence-electron chi connectivity index (χ2n) is 6.53. The summed E-state index contributed by atoms with van der Waals surface area (Å²) in [5.41, 5.74) is 1.52. The molecule has 0 aliphatic carbocycles. The molecule has 0 saturated carbocycles. The van der Waals surface area contributed by atoms with Crippen LogP contribution in [0.3, 0.4) is 0 Å². The van der Waals surface area contributed by atoms with Gasteiger partial charge < -0.3 is 15.2 Å². The quantitative estimate of drug-likeness (QED) is 0.221. The lowest BCUT2D eigenvalue weighted by Gasteiger charge is -2.06. The molecule has 0 aliphatic heterocycles. The number of unbranched alkanes of at least 4 members (excludes halogenated alkanes) is 1. The Labute approximate surface area is 191 Å². The normalized spacial score (nSPS) is 10.6. The zero-order valence-electron chi connectivity index (χ0n) is 16.7. The standard InChI is InChI=1S/C21H21BrN4O4S/c1-2-3-10-30-20(29)13-4-7-15(8-5-13)23-18(28)12-31-21-24-19(25-26-21)16-11-14(22)6-9-17(16)27/h4-9,11,27H,2-3,10,12H2,1H3,(H,23,28)(H,24,25,26). The van der Waals surface area contributed by atoms with Gasteiger partial charge >= 0.3 is 5.97 Å². The minimum atomic E-state index is -0.376. The van der Waals surface area contributed by atoms with Gasteiger partial charge in [0.05, 0.1) is 23.5 Å². The first-order valence-corrected chi connectivity index (χ1v) is 11.3. The van der Waals surface area contributed by atoms with Gasteiger partial charge in [0.15, 0.2) is 5.82 Å². The summed E-state index contributed by atoms with van der Waals surface area (Å²) >= 11 is 4.51. The van der Waals surface area contributed by atoms with E-state index in [1.807, 2.05) is 6.92 Å². The molecule has 1 amide bonds. The number of carbonyl (C=O) groups is 2. The lowest BCUT2D eigenvalue weighted by Crippen LogP contribution is -2.14. The average molecular weight is 505 g/mol. The molecular weight excluding hydrogens is 484 g/mol. The van der Waals surface area contributed by atoms with Gasteiger partial charge in [-0.05, 0) is 48.9 Å². The summed E-state index contributed by atoms with van der Waals surface area (Å²) in [5, 5.41) is 20.0. The fourth-order valence-electron chi connectivity index (χ4n) is 2.54. The van der Waals surface area contributed by atoms with Crippen LogP contribution in [0.25, 0.3) is 11.4 Å². The number of nitrogens with one attached hydrogen (secondary N) is 2. The van der Waals surface area contributed by atoms with Crippen molar-refractivity contribution >= 4 is 45.3 Å². The number of rotatable bonds is 9. The third kappa shape index (κ3) is 6.56. The van der Waals surface area contributed by atoms with Crippen LogP contribution in [0.2, 0.25) is 0 Å². The Kier molecular flexibility index (Phi) is 8.07. The number of halogens is 1. The Bertz CT molecular complexity index is 1060. The Morgan fingerprint density at radius 2 is 2.00 bits per heavy atom. The molecule has 31 heavy (non-hydrogen) atoms. The van der Waals surface area contributed by atoms with Gasteiger partial charge in [-0.15, -0.1) is 5.10 Å². The van der Waals surface area contributed by atoms with Crippen molar-refractivity contribution in [2.75, 3.05) is 17.7 Å². The van der Waals surface area contributed by atoms with Crippen LogP contribution in [0, 0.1) is 0 Å². The highest BCUT2D eigenvalue weighted by Gasteiger charge is 2.13. The topological polar surface area (TPSA) is 117 Å². The summed E-state index contributed by atoms with van der Waals surface area (Å²) in [6, 6.07) is 11.5.